The lowest BCUT2D eigenvalue weighted by Gasteiger charge is -2.64. The molecule has 0 radical (unpaired) electrons. The zero-order chi connectivity index (χ0) is 26.8. The third kappa shape index (κ3) is 3.52. The molecule has 2 aliphatic carbocycles. The molecule has 2 aromatic carbocycles. The maximum absolute atomic E-state index is 13.3. The summed E-state index contributed by atoms with van der Waals surface area (Å²) in [5.74, 6) is 0.478. The molecule has 3 aromatic rings. The first-order valence-corrected chi connectivity index (χ1v) is 13.9. The van der Waals surface area contributed by atoms with E-state index < -0.39 is 17.1 Å². The molecule has 1 saturated carbocycles. The molecular formula is C32H34N2O5. The van der Waals surface area contributed by atoms with Crippen molar-refractivity contribution in [1.82, 2.24) is 9.80 Å². The smallest absolute Gasteiger partial charge is 0.246 e. The zero-order valence-electron chi connectivity index (χ0n) is 22.1. The van der Waals surface area contributed by atoms with Crippen molar-refractivity contribution in [2.75, 3.05) is 20.1 Å². The number of rotatable bonds is 6. The van der Waals surface area contributed by atoms with Gasteiger partial charge in [0.25, 0.3) is 0 Å². The van der Waals surface area contributed by atoms with E-state index in [4.69, 9.17) is 9.15 Å². The molecule has 39 heavy (non-hydrogen) atoms. The predicted octanol–water partition coefficient (Wildman–Crippen LogP) is 3.92. The van der Waals surface area contributed by atoms with E-state index in [2.05, 4.69) is 29.2 Å². The van der Waals surface area contributed by atoms with Crippen LogP contribution < -0.4 is 4.74 Å². The number of hydrogen-bond acceptors (Lipinski definition) is 6. The predicted molar refractivity (Wildman–Crippen MR) is 147 cm³/mol. The van der Waals surface area contributed by atoms with Gasteiger partial charge in [-0.3, -0.25) is 9.69 Å². The number of likely N-dealkylation sites (N-methyl/N-ethyl adjacent to an activating group) is 1. The summed E-state index contributed by atoms with van der Waals surface area (Å²) in [6, 6.07) is 15.7. The SMILES string of the molecule is CN(C(=O)/C=C/c1ccoc1)C1CC[C@@]2(O)[C@H]3Cc4ccc(O)c5c4[C@@]2(CCN3CCc2ccccc2)C1O5. The highest BCUT2D eigenvalue weighted by Gasteiger charge is 2.73. The van der Waals surface area contributed by atoms with Gasteiger partial charge in [0.2, 0.25) is 5.91 Å². The molecule has 7 rings (SSSR count). The zero-order valence-corrected chi connectivity index (χ0v) is 22.1. The summed E-state index contributed by atoms with van der Waals surface area (Å²) in [5, 5.41) is 23.6. The fourth-order valence-electron chi connectivity index (χ4n) is 8.00. The maximum atomic E-state index is 13.3. The van der Waals surface area contributed by atoms with Crippen molar-refractivity contribution in [3.63, 3.8) is 0 Å². The van der Waals surface area contributed by atoms with E-state index in [1.807, 2.05) is 19.2 Å². The molecule has 4 aliphatic rings. The minimum absolute atomic E-state index is 0.0491. The molecular weight excluding hydrogens is 492 g/mol. The molecule has 5 atom stereocenters. The van der Waals surface area contributed by atoms with E-state index in [1.165, 1.54) is 5.56 Å². The average molecular weight is 527 g/mol. The normalized spacial score (nSPS) is 30.7. The Kier molecular flexibility index (Phi) is 5.65. The summed E-state index contributed by atoms with van der Waals surface area (Å²) in [5.41, 5.74) is 2.54. The quantitative estimate of drug-likeness (QED) is 0.474. The van der Waals surface area contributed by atoms with Crippen LogP contribution in [0.3, 0.4) is 0 Å². The summed E-state index contributed by atoms with van der Waals surface area (Å²) in [6.45, 7) is 1.71. The van der Waals surface area contributed by atoms with Crippen molar-refractivity contribution in [2.24, 2.45) is 0 Å². The van der Waals surface area contributed by atoms with Gasteiger partial charge in [0, 0.05) is 36.8 Å². The summed E-state index contributed by atoms with van der Waals surface area (Å²) >= 11 is 0. The van der Waals surface area contributed by atoms with Crippen LogP contribution in [0.5, 0.6) is 11.5 Å². The summed E-state index contributed by atoms with van der Waals surface area (Å²) in [6.07, 6.45) is 9.60. The van der Waals surface area contributed by atoms with Gasteiger partial charge < -0.3 is 24.3 Å². The lowest BCUT2D eigenvalue weighted by atomic mass is 9.48. The Labute approximate surface area is 228 Å². The Morgan fingerprint density at radius 3 is 2.82 bits per heavy atom. The fraction of sp³-hybridized carbons (Fsp3) is 0.406. The highest BCUT2D eigenvalue weighted by Crippen LogP contribution is 2.65. The van der Waals surface area contributed by atoms with Gasteiger partial charge in [-0.2, -0.15) is 0 Å². The molecule has 2 N–H and O–H groups in total. The lowest BCUT2D eigenvalue weighted by Crippen LogP contribution is -2.78. The van der Waals surface area contributed by atoms with Crippen molar-refractivity contribution in [1.29, 1.82) is 0 Å². The van der Waals surface area contributed by atoms with E-state index in [0.29, 0.717) is 25.0 Å². The third-order valence-corrected chi connectivity index (χ3v) is 9.88. The topological polar surface area (TPSA) is 86.4 Å². The van der Waals surface area contributed by atoms with Crippen LogP contribution in [0, 0.1) is 0 Å². The van der Waals surface area contributed by atoms with Crippen molar-refractivity contribution in [3.05, 3.63) is 89.4 Å². The largest absolute Gasteiger partial charge is 0.504 e. The first-order chi connectivity index (χ1) is 18.9. The van der Waals surface area contributed by atoms with Crippen molar-refractivity contribution in [3.8, 4) is 11.5 Å². The molecule has 7 nitrogen and oxygen atoms in total. The minimum Gasteiger partial charge on any atom is -0.504 e. The van der Waals surface area contributed by atoms with Gasteiger partial charge in [-0.15, -0.1) is 0 Å². The van der Waals surface area contributed by atoms with Gasteiger partial charge in [-0.05, 0) is 68.0 Å². The number of piperidine rings is 1. The number of hydrogen-bond donors (Lipinski definition) is 2. The molecule has 2 fully saturated rings. The first-order valence-electron chi connectivity index (χ1n) is 13.9. The molecule has 202 valence electrons. The van der Waals surface area contributed by atoms with Gasteiger partial charge in [0.1, 0.15) is 6.10 Å². The van der Waals surface area contributed by atoms with Gasteiger partial charge in [0.15, 0.2) is 11.5 Å². The van der Waals surface area contributed by atoms with Crippen LogP contribution >= 0.6 is 0 Å². The van der Waals surface area contributed by atoms with Crippen molar-refractivity contribution < 1.29 is 24.2 Å². The van der Waals surface area contributed by atoms with Gasteiger partial charge in [0.05, 0.1) is 29.6 Å². The van der Waals surface area contributed by atoms with E-state index in [0.717, 1.165) is 42.6 Å². The Balaban J connectivity index is 1.23. The minimum atomic E-state index is -1.01. The number of carbonyl (C=O) groups excluding carboxylic acids is 1. The van der Waals surface area contributed by atoms with Gasteiger partial charge >= 0.3 is 0 Å². The average Bonchev–Trinajstić information content (AvgIpc) is 3.59. The molecule has 1 aromatic heterocycles. The highest BCUT2D eigenvalue weighted by molar-refractivity contribution is 5.92. The summed E-state index contributed by atoms with van der Waals surface area (Å²) in [4.78, 5) is 17.5. The third-order valence-electron chi connectivity index (χ3n) is 9.88. The number of ether oxygens (including phenoxy) is 1. The summed E-state index contributed by atoms with van der Waals surface area (Å²) in [7, 11) is 1.82. The van der Waals surface area contributed by atoms with Gasteiger partial charge in [-0.25, -0.2) is 0 Å². The molecule has 3 heterocycles. The number of carbonyl (C=O) groups is 1. The monoisotopic (exact) mass is 526 g/mol. The van der Waals surface area contributed by atoms with E-state index in [9.17, 15) is 15.0 Å². The van der Waals surface area contributed by atoms with Crippen LogP contribution in [0.15, 0.2) is 71.6 Å². The van der Waals surface area contributed by atoms with Crippen LogP contribution in [0.1, 0.15) is 41.5 Å². The van der Waals surface area contributed by atoms with Crippen molar-refractivity contribution in [2.45, 2.75) is 61.3 Å². The maximum Gasteiger partial charge on any atom is 0.246 e. The Bertz CT molecular complexity index is 1420. The second-order valence-corrected chi connectivity index (χ2v) is 11.6. The lowest BCUT2D eigenvalue weighted by molar-refractivity contribution is -0.199. The van der Waals surface area contributed by atoms with Crippen LogP contribution in [-0.2, 0) is 23.1 Å². The summed E-state index contributed by atoms with van der Waals surface area (Å²) < 4.78 is 11.7. The molecule has 1 spiro atoms. The number of phenols is 1. The van der Waals surface area contributed by atoms with E-state index in [-0.39, 0.29) is 23.7 Å². The molecule has 2 bridgehead atoms. The highest BCUT2D eigenvalue weighted by atomic mass is 16.5. The van der Waals surface area contributed by atoms with E-state index >= 15 is 0 Å². The standard InChI is InChI=1S/C32H34N2O5/c1-33(27(36)10-7-22-13-18-38-20-22)24-11-14-32(37)26-19-23-8-9-25(35)29-28(23)31(32,30(24)39-29)15-17-34(26)16-12-21-5-3-2-4-6-21/h2-10,13,18,20,24,26,30,35,37H,11-12,14-17,19H2,1H3/b10-7+/t24?,26-,30?,31+,32-/m1/s1. The first kappa shape index (κ1) is 24.5. The molecule has 2 unspecified atom stereocenters. The number of nitrogens with zero attached hydrogens (tertiary/aromatic N) is 2. The second-order valence-electron chi connectivity index (χ2n) is 11.6. The number of furan rings is 1. The van der Waals surface area contributed by atoms with Crippen LogP contribution in [0.4, 0.5) is 0 Å². The Morgan fingerprint density at radius 2 is 2.03 bits per heavy atom. The number of aromatic hydroxyl groups is 1. The van der Waals surface area contributed by atoms with Crippen LogP contribution in [-0.4, -0.2) is 69.8 Å². The molecule has 7 heteroatoms. The number of amides is 1. The van der Waals surface area contributed by atoms with Crippen molar-refractivity contribution >= 4 is 12.0 Å². The number of phenolic OH excluding ortho intramolecular Hbond substituents is 1. The van der Waals surface area contributed by atoms with E-state index in [1.54, 1.807) is 41.7 Å². The van der Waals surface area contributed by atoms with Crippen LogP contribution in [0.2, 0.25) is 0 Å². The second kappa shape index (κ2) is 9.00. The molecule has 1 amide bonds. The number of benzene rings is 2. The Hall–Kier alpha value is -3.55. The number of aliphatic hydroxyl groups is 1. The van der Waals surface area contributed by atoms with Gasteiger partial charge in [-0.1, -0.05) is 36.4 Å². The molecule has 1 saturated heterocycles. The number of likely N-dealkylation sites (tertiary alicyclic amines) is 1. The fourth-order valence-corrected chi connectivity index (χ4v) is 8.00. The van der Waals surface area contributed by atoms with Crippen LogP contribution in [0.25, 0.3) is 6.08 Å². The Morgan fingerprint density at radius 1 is 1.18 bits per heavy atom. The molecule has 2 aliphatic heterocycles.